The Morgan fingerprint density at radius 3 is 2.65 bits per heavy atom. The molecule has 0 fully saturated rings. The number of amides is 1. The molecule has 158 valence electrons. The second-order valence-electron chi connectivity index (χ2n) is 6.90. The third-order valence-corrected chi connectivity index (χ3v) is 6.63. The molecule has 0 spiro atoms. The first-order valence-corrected chi connectivity index (χ1v) is 12.1. The highest BCUT2D eigenvalue weighted by molar-refractivity contribution is 7.99. The monoisotopic (exact) mass is 448 g/mol. The topological polar surface area (TPSA) is 42.4 Å². The zero-order valence-corrected chi connectivity index (χ0v) is 19.2. The minimum Gasteiger partial charge on any atom is -0.494 e. The maximum atomic E-state index is 13.6. The number of thiazole rings is 1. The van der Waals surface area contributed by atoms with Crippen LogP contribution in [0.5, 0.6) is 5.75 Å². The molecular weight excluding hydrogens is 424 g/mol. The predicted molar refractivity (Wildman–Crippen MR) is 131 cm³/mol. The minimum atomic E-state index is -0.0495. The fourth-order valence-corrected chi connectivity index (χ4v) is 5.01. The van der Waals surface area contributed by atoms with Gasteiger partial charge in [-0.1, -0.05) is 54.7 Å². The number of hydrogen-bond donors (Lipinski definition) is 0. The Balaban J connectivity index is 1.73. The van der Waals surface area contributed by atoms with Crippen LogP contribution in [0.4, 0.5) is 5.13 Å². The molecule has 0 bridgehead atoms. The van der Waals surface area contributed by atoms with E-state index >= 15 is 0 Å². The lowest BCUT2D eigenvalue weighted by Crippen LogP contribution is -2.30. The van der Waals surface area contributed by atoms with Crippen LogP contribution < -0.4 is 9.64 Å². The number of hydrogen-bond acceptors (Lipinski definition) is 5. The molecule has 4 aromatic rings. The maximum Gasteiger partial charge on any atom is 0.260 e. The first-order chi connectivity index (χ1) is 15.2. The highest BCUT2D eigenvalue weighted by atomic mass is 32.2. The van der Waals surface area contributed by atoms with Crippen LogP contribution in [0, 0.1) is 0 Å². The number of ether oxygens (including phenoxy) is 1. The summed E-state index contributed by atoms with van der Waals surface area (Å²) in [5, 5.41) is 0.686. The van der Waals surface area contributed by atoms with Crippen molar-refractivity contribution in [1.29, 1.82) is 0 Å². The van der Waals surface area contributed by atoms with Gasteiger partial charge in [0.05, 0.1) is 23.4 Å². The molecular formula is C25H24N2O2S2. The summed E-state index contributed by atoms with van der Waals surface area (Å²) >= 11 is 3.24. The van der Waals surface area contributed by atoms with Gasteiger partial charge >= 0.3 is 0 Å². The molecule has 0 aliphatic heterocycles. The Labute approximate surface area is 190 Å². The van der Waals surface area contributed by atoms with Crippen molar-refractivity contribution in [3.8, 4) is 5.75 Å². The second kappa shape index (κ2) is 9.98. The van der Waals surface area contributed by atoms with Gasteiger partial charge in [-0.05, 0) is 54.6 Å². The predicted octanol–water partition coefficient (Wildman–Crippen LogP) is 6.65. The van der Waals surface area contributed by atoms with Crippen LogP contribution in [0.15, 0.2) is 77.7 Å². The number of benzene rings is 3. The summed E-state index contributed by atoms with van der Waals surface area (Å²) < 4.78 is 6.63. The molecule has 0 aliphatic carbocycles. The summed E-state index contributed by atoms with van der Waals surface area (Å²) in [7, 11) is 0. The fourth-order valence-electron chi connectivity index (χ4n) is 3.30. The van der Waals surface area contributed by atoms with Crippen molar-refractivity contribution < 1.29 is 9.53 Å². The van der Waals surface area contributed by atoms with E-state index in [-0.39, 0.29) is 5.91 Å². The Bertz CT molecular complexity index is 1170. The third-order valence-electron chi connectivity index (χ3n) is 4.71. The van der Waals surface area contributed by atoms with Crippen LogP contribution in [0.3, 0.4) is 0 Å². The second-order valence-corrected chi connectivity index (χ2v) is 9.24. The van der Waals surface area contributed by atoms with Crippen LogP contribution in [-0.4, -0.2) is 23.3 Å². The summed E-state index contributed by atoms with van der Waals surface area (Å²) in [6, 6.07) is 23.7. The quantitative estimate of drug-likeness (QED) is 0.283. The molecule has 0 unspecified atom stereocenters. The van der Waals surface area contributed by atoms with Gasteiger partial charge in [-0.3, -0.25) is 9.69 Å². The lowest BCUT2D eigenvalue weighted by molar-refractivity contribution is 0.0985. The van der Waals surface area contributed by atoms with Crippen LogP contribution in [0.1, 0.15) is 29.8 Å². The summed E-state index contributed by atoms with van der Waals surface area (Å²) in [6.07, 6.45) is 0. The molecule has 0 atom stereocenters. The molecule has 0 aliphatic rings. The zero-order valence-electron chi connectivity index (χ0n) is 17.6. The van der Waals surface area contributed by atoms with Gasteiger partial charge in [-0.2, -0.15) is 0 Å². The van der Waals surface area contributed by atoms with Gasteiger partial charge < -0.3 is 4.74 Å². The van der Waals surface area contributed by atoms with E-state index in [9.17, 15) is 4.79 Å². The molecule has 1 heterocycles. The van der Waals surface area contributed by atoms with E-state index in [2.05, 4.69) is 6.92 Å². The van der Waals surface area contributed by atoms with Crippen molar-refractivity contribution in [3.05, 3.63) is 83.9 Å². The molecule has 0 radical (unpaired) electrons. The van der Waals surface area contributed by atoms with E-state index in [1.54, 1.807) is 16.7 Å². The van der Waals surface area contributed by atoms with Gasteiger partial charge in [-0.15, -0.1) is 11.8 Å². The first-order valence-electron chi connectivity index (χ1n) is 10.3. The van der Waals surface area contributed by atoms with Gasteiger partial charge in [-0.25, -0.2) is 4.98 Å². The lowest BCUT2D eigenvalue weighted by Gasteiger charge is -2.20. The number of nitrogens with zero attached hydrogens (tertiary/aromatic N) is 2. The average molecular weight is 449 g/mol. The SMILES string of the molecule is CCOc1ccc2nc(N(Cc3ccccc3)C(=O)c3cccc(SCC)c3)sc2c1. The molecule has 4 nitrogen and oxygen atoms in total. The Morgan fingerprint density at radius 2 is 1.87 bits per heavy atom. The molecule has 0 saturated carbocycles. The van der Waals surface area contributed by atoms with Gasteiger partial charge in [0.1, 0.15) is 5.75 Å². The molecule has 0 N–H and O–H groups in total. The molecule has 31 heavy (non-hydrogen) atoms. The standard InChI is InChI=1S/C25H24N2O2S2/c1-3-29-20-13-14-22-23(16-20)31-25(26-22)27(17-18-9-6-5-7-10-18)24(28)19-11-8-12-21(15-19)30-4-2/h5-16H,3-4,17H2,1-2H3. The lowest BCUT2D eigenvalue weighted by atomic mass is 10.1. The maximum absolute atomic E-state index is 13.6. The number of aromatic nitrogens is 1. The zero-order chi connectivity index (χ0) is 21.6. The number of thioether (sulfide) groups is 1. The fraction of sp³-hybridized carbons (Fsp3) is 0.200. The smallest absolute Gasteiger partial charge is 0.260 e. The Kier molecular flexibility index (Phi) is 6.89. The Hall–Kier alpha value is -2.83. The van der Waals surface area contributed by atoms with E-state index < -0.39 is 0 Å². The molecule has 4 rings (SSSR count). The van der Waals surface area contributed by atoms with E-state index in [0.29, 0.717) is 23.8 Å². The largest absolute Gasteiger partial charge is 0.494 e. The van der Waals surface area contributed by atoms with Crippen molar-refractivity contribution in [2.24, 2.45) is 0 Å². The van der Waals surface area contributed by atoms with E-state index in [4.69, 9.17) is 9.72 Å². The van der Waals surface area contributed by atoms with Crippen LogP contribution in [-0.2, 0) is 6.54 Å². The minimum absolute atomic E-state index is 0.0495. The molecule has 1 amide bonds. The third kappa shape index (κ3) is 5.09. The summed E-state index contributed by atoms with van der Waals surface area (Å²) in [4.78, 5) is 21.3. The summed E-state index contributed by atoms with van der Waals surface area (Å²) in [6.45, 7) is 5.15. The summed E-state index contributed by atoms with van der Waals surface area (Å²) in [5.41, 5.74) is 2.59. The highest BCUT2D eigenvalue weighted by Crippen LogP contribution is 2.33. The van der Waals surface area contributed by atoms with Gasteiger partial charge in [0, 0.05) is 10.5 Å². The highest BCUT2D eigenvalue weighted by Gasteiger charge is 2.22. The van der Waals surface area contributed by atoms with E-state index in [1.165, 1.54) is 11.3 Å². The van der Waals surface area contributed by atoms with Crippen molar-refractivity contribution in [2.45, 2.75) is 25.3 Å². The van der Waals surface area contributed by atoms with Crippen molar-refractivity contribution in [2.75, 3.05) is 17.3 Å². The normalized spacial score (nSPS) is 10.9. The molecule has 3 aromatic carbocycles. The average Bonchev–Trinajstić information content (AvgIpc) is 3.21. The number of anilines is 1. The van der Waals surface area contributed by atoms with Gasteiger partial charge in [0.25, 0.3) is 5.91 Å². The molecule has 1 aromatic heterocycles. The number of fused-ring (bicyclic) bond motifs is 1. The van der Waals surface area contributed by atoms with Gasteiger partial charge in [0.15, 0.2) is 5.13 Å². The number of rotatable bonds is 8. The Morgan fingerprint density at radius 1 is 1.03 bits per heavy atom. The molecule has 0 saturated heterocycles. The van der Waals surface area contributed by atoms with Crippen LogP contribution >= 0.6 is 23.1 Å². The molecule has 6 heteroatoms. The van der Waals surface area contributed by atoms with Crippen molar-refractivity contribution in [1.82, 2.24) is 4.98 Å². The number of carbonyl (C=O) groups excluding carboxylic acids is 1. The van der Waals surface area contributed by atoms with Crippen LogP contribution in [0.25, 0.3) is 10.2 Å². The van der Waals surface area contributed by atoms with Crippen LogP contribution in [0.2, 0.25) is 0 Å². The first kappa shape index (κ1) is 21.4. The van der Waals surface area contributed by atoms with Gasteiger partial charge in [0.2, 0.25) is 0 Å². The van der Waals surface area contributed by atoms with E-state index in [0.717, 1.165) is 32.2 Å². The van der Waals surface area contributed by atoms with Crippen molar-refractivity contribution >= 4 is 44.4 Å². The number of carbonyl (C=O) groups is 1. The van der Waals surface area contributed by atoms with E-state index in [1.807, 2.05) is 79.7 Å². The summed E-state index contributed by atoms with van der Waals surface area (Å²) in [5.74, 6) is 1.73. The van der Waals surface area contributed by atoms with Crippen molar-refractivity contribution in [3.63, 3.8) is 0 Å².